The van der Waals surface area contributed by atoms with Crippen LogP contribution in [0.3, 0.4) is 0 Å². The molecule has 7 N–H and O–H groups in total. The summed E-state index contributed by atoms with van der Waals surface area (Å²) >= 11 is 0. The molecule has 0 aliphatic heterocycles. The number of rotatable bonds is 5. The predicted molar refractivity (Wildman–Crippen MR) is 121 cm³/mol. The van der Waals surface area contributed by atoms with Crippen LogP contribution >= 0.6 is 0 Å². The van der Waals surface area contributed by atoms with Crippen LogP contribution in [-0.2, 0) is 0 Å². The minimum atomic E-state index is -1.01. The van der Waals surface area contributed by atoms with Crippen LogP contribution in [0.15, 0.2) is 60.1 Å². The molecule has 174 valence electrons. The van der Waals surface area contributed by atoms with E-state index in [4.69, 9.17) is 0 Å². The molecule has 1 saturated carbocycles. The molecule has 0 amide bonds. The van der Waals surface area contributed by atoms with Gasteiger partial charge in [0.15, 0.2) is 11.5 Å². The summed E-state index contributed by atoms with van der Waals surface area (Å²) in [7, 11) is 0. The maximum absolute atomic E-state index is 10.7. The quantitative estimate of drug-likeness (QED) is 0.273. The van der Waals surface area contributed by atoms with Crippen LogP contribution in [0.25, 0.3) is 5.57 Å². The van der Waals surface area contributed by atoms with Crippen molar-refractivity contribution < 1.29 is 35.7 Å². The van der Waals surface area contributed by atoms with Crippen LogP contribution in [0, 0.1) is 23.7 Å². The zero-order valence-electron chi connectivity index (χ0n) is 18.3. The van der Waals surface area contributed by atoms with E-state index in [-0.39, 0.29) is 41.3 Å². The molecule has 0 heterocycles. The Morgan fingerprint density at radius 2 is 1.72 bits per heavy atom. The van der Waals surface area contributed by atoms with E-state index >= 15 is 0 Å². The van der Waals surface area contributed by atoms with Crippen molar-refractivity contribution in [2.75, 3.05) is 0 Å². The van der Waals surface area contributed by atoms with Crippen LogP contribution in [0.2, 0.25) is 0 Å². The normalized spacial score (nSPS) is 33.4. The Morgan fingerprint density at radius 3 is 2.34 bits per heavy atom. The highest BCUT2D eigenvalue weighted by molar-refractivity contribution is 5.78. The van der Waals surface area contributed by atoms with Gasteiger partial charge in [0.1, 0.15) is 11.5 Å². The van der Waals surface area contributed by atoms with Gasteiger partial charge < -0.3 is 35.7 Å². The zero-order valence-corrected chi connectivity index (χ0v) is 18.3. The Labute approximate surface area is 187 Å². The first-order chi connectivity index (χ1) is 15.0. The van der Waals surface area contributed by atoms with Gasteiger partial charge in [0.2, 0.25) is 0 Å². The van der Waals surface area contributed by atoms with E-state index < -0.39 is 30.1 Å². The first-order valence-corrected chi connectivity index (χ1v) is 10.8. The standard InChI is InChI=1S/C25H32O7/c1-12-6-18(26)11-21(28)19(12)8-16(13(2)15-4-5-20(27)22(29)9-15)7-17-10-23(30)25(32)14(3)24(17)31/h4-6,8-9,11-12,14,17,19,23-32H,2,7,10H2,1,3H3/b16-8-. The molecule has 0 bridgehead atoms. The van der Waals surface area contributed by atoms with Crippen LogP contribution in [0.4, 0.5) is 0 Å². The van der Waals surface area contributed by atoms with Crippen LogP contribution in [-0.4, -0.2) is 54.1 Å². The van der Waals surface area contributed by atoms with Gasteiger partial charge >= 0.3 is 0 Å². The number of allylic oxidation sites excluding steroid dienone is 5. The summed E-state index contributed by atoms with van der Waals surface area (Å²) in [5, 5.41) is 70.9. The fourth-order valence-electron chi connectivity index (χ4n) is 4.64. The fourth-order valence-corrected chi connectivity index (χ4v) is 4.64. The van der Waals surface area contributed by atoms with Crippen molar-refractivity contribution in [3.05, 3.63) is 65.7 Å². The van der Waals surface area contributed by atoms with E-state index in [1.807, 2.05) is 13.0 Å². The number of benzene rings is 1. The lowest BCUT2D eigenvalue weighted by molar-refractivity contribution is -0.114. The lowest BCUT2D eigenvalue weighted by Gasteiger charge is -2.40. The van der Waals surface area contributed by atoms with E-state index in [1.54, 1.807) is 19.1 Å². The fraction of sp³-hybridized carbons (Fsp3) is 0.440. The number of aliphatic hydroxyl groups excluding tert-OH is 5. The van der Waals surface area contributed by atoms with Crippen molar-refractivity contribution in [3.63, 3.8) is 0 Å². The summed E-state index contributed by atoms with van der Waals surface area (Å²) in [6.07, 6.45) is 2.41. The molecular weight excluding hydrogens is 412 g/mol. The van der Waals surface area contributed by atoms with Crippen molar-refractivity contribution >= 4 is 5.57 Å². The maximum Gasteiger partial charge on any atom is 0.158 e. The van der Waals surface area contributed by atoms with Gasteiger partial charge in [-0.05, 0) is 59.6 Å². The molecule has 0 aromatic heterocycles. The van der Waals surface area contributed by atoms with Gasteiger partial charge in [0.25, 0.3) is 0 Å². The molecule has 7 heteroatoms. The largest absolute Gasteiger partial charge is 0.512 e. The molecule has 1 aromatic rings. The molecule has 1 aromatic carbocycles. The SMILES string of the molecule is C=C(/C(=C\C1C(O)=CC(O)=CC1C)CC1CC(O)C(O)C(C)C1O)c1ccc(O)c(O)c1. The summed E-state index contributed by atoms with van der Waals surface area (Å²) in [6.45, 7) is 7.69. The summed E-state index contributed by atoms with van der Waals surface area (Å²) < 4.78 is 0. The zero-order chi connectivity index (χ0) is 23.7. The molecule has 7 atom stereocenters. The average molecular weight is 445 g/mol. The molecule has 2 aliphatic rings. The van der Waals surface area contributed by atoms with Gasteiger partial charge in [-0.3, -0.25) is 0 Å². The van der Waals surface area contributed by atoms with Crippen LogP contribution in [0.1, 0.15) is 32.3 Å². The van der Waals surface area contributed by atoms with E-state index in [9.17, 15) is 35.7 Å². The minimum Gasteiger partial charge on any atom is -0.512 e. The average Bonchev–Trinajstić information content (AvgIpc) is 2.73. The van der Waals surface area contributed by atoms with E-state index in [0.29, 0.717) is 23.1 Å². The second-order valence-electron chi connectivity index (χ2n) is 9.03. The predicted octanol–water partition coefficient (Wildman–Crippen LogP) is 3.32. The number of hydrogen-bond donors (Lipinski definition) is 7. The van der Waals surface area contributed by atoms with E-state index in [2.05, 4.69) is 6.58 Å². The first-order valence-electron chi connectivity index (χ1n) is 10.8. The first kappa shape index (κ1) is 23.9. The van der Waals surface area contributed by atoms with E-state index in [0.717, 1.165) is 0 Å². The molecule has 2 aliphatic carbocycles. The van der Waals surface area contributed by atoms with Gasteiger partial charge in [-0.1, -0.05) is 32.6 Å². The van der Waals surface area contributed by atoms with E-state index in [1.165, 1.54) is 18.2 Å². The molecule has 7 unspecified atom stereocenters. The molecule has 1 fully saturated rings. The lowest BCUT2D eigenvalue weighted by Crippen LogP contribution is -2.48. The Morgan fingerprint density at radius 1 is 1.03 bits per heavy atom. The molecular formula is C25H32O7. The lowest BCUT2D eigenvalue weighted by atomic mass is 9.72. The third-order valence-electron chi connectivity index (χ3n) is 6.71. The third-order valence-corrected chi connectivity index (χ3v) is 6.71. The number of phenols is 2. The topological polar surface area (TPSA) is 142 Å². The number of phenolic OH excluding ortho intramolecular Hbond substituents is 2. The highest BCUT2D eigenvalue weighted by Gasteiger charge is 2.40. The van der Waals surface area contributed by atoms with Gasteiger partial charge in [-0.25, -0.2) is 0 Å². The summed E-state index contributed by atoms with van der Waals surface area (Å²) in [5.74, 6) is -2.13. The van der Waals surface area contributed by atoms with Gasteiger partial charge in [0.05, 0.1) is 18.3 Å². The molecule has 0 saturated heterocycles. The number of aromatic hydroxyl groups is 2. The number of hydrogen-bond acceptors (Lipinski definition) is 7. The van der Waals surface area contributed by atoms with Crippen LogP contribution in [0.5, 0.6) is 11.5 Å². The van der Waals surface area contributed by atoms with Crippen molar-refractivity contribution in [1.82, 2.24) is 0 Å². The van der Waals surface area contributed by atoms with Gasteiger partial charge in [0, 0.05) is 17.9 Å². The van der Waals surface area contributed by atoms with Gasteiger partial charge in [-0.15, -0.1) is 0 Å². The highest BCUT2D eigenvalue weighted by atomic mass is 16.3. The van der Waals surface area contributed by atoms with Crippen molar-refractivity contribution in [2.45, 2.75) is 45.0 Å². The Hall–Kier alpha value is -2.74. The Kier molecular flexibility index (Phi) is 7.03. The maximum atomic E-state index is 10.7. The van der Waals surface area contributed by atoms with Crippen molar-refractivity contribution in [3.8, 4) is 11.5 Å². The third kappa shape index (κ3) is 4.85. The summed E-state index contributed by atoms with van der Waals surface area (Å²) in [5.41, 5.74) is 1.76. The smallest absolute Gasteiger partial charge is 0.158 e. The molecule has 7 nitrogen and oxygen atoms in total. The Bertz CT molecular complexity index is 961. The summed E-state index contributed by atoms with van der Waals surface area (Å²) in [4.78, 5) is 0. The molecule has 3 rings (SSSR count). The Balaban J connectivity index is 1.98. The second kappa shape index (κ2) is 9.40. The molecule has 32 heavy (non-hydrogen) atoms. The van der Waals surface area contributed by atoms with Gasteiger partial charge in [-0.2, -0.15) is 0 Å². The second-order valence-corrected chi connectivity index (χ2v) is 9.03. The highest BCUT2D eigenvalue weighted by Crippen LogP contribution is 2.40. The van der Waals surface area contributed by atoms with Crippen molar-refractivity contribution in [2.24, 2.45) is 23.7 Å². The molecule has 0 spiro atoms. The van der Waals surface area contributed by atoms with Crippen LogP contribution < -0.4 is 0 Å². The van der Waals surface area contributed by atoms with Crippen molar-refractivity contribution in [1.29, 1.82) is 0 Å². The molecule has 0 radical (unpaired) electrons. The number of aliphatic hydroxyl groups is 5. The minimum absolute atomic E-state index is 0.00984. The monoisotopic (exact) mass is 444 g/mol. The summed E-state index contributed by atoms with van der Waals surface area (Å²) in [6, 6.07) is 4.34.